The number of furan rings is 1. The molecule has 1 saturated heterocycles. The van der Waals surface area contributed by atoms with Crippen LogP contribution in [0.25, 0.3) is 0 Å². The number of aliphatic hydroxyl groups is 1. The molecular formula is C12H17BrO3. The lowest BCUT2D eigenvalue weighted by Crippen LogP contribution is -2.45. The summed E-state index contributed by atoms with van der Waals surface area (Å²) in [6.45, 7) is 4.67. The van der Waals surface area contributed by atoms with Crippen LogP contribution in [-0.2, 0) is 10.3 Å². The molecule has 90 valence electrons. The van der Waals surface area contributed by atoms with Gasteiger partial charge in [-0.1, -0.05) is 6.92 Å². The van der Waals surface area contributed by atoms with Crippen molar-refractivity contribution in [2.75, 3.05) is 6.61 Å². The number of halogens is 1. The molecule has 2 unspecified atom stereocenters. The van der Waals surface area contributed by atoms with Crippen LogP contribution in [0.15, 0.2) is 21.2 Å². The van der Waals surface area contributed by atoms with Gasteiger partial charge in [-0.05, 0) is 35.3 Å². The second-order valence-corrected chi connectivity index (χ2v) is 5.56. The molecule has 1 N–H and O–H groups in total. The third-order valence-corrected chi connectivity index (χ3v) is 4.04. The molecule has 0 amide bonds. The highest BCUT2D eigenvalue weighted by atomic mass is 79.9. The molecule has 1 aromatic rings. The van der Waals surface area contributed by atoms with E-state index in [1.165, 1.54) is 0 Å². The van der Waals surface area contributed by atoms with E-state index < -0.39 is 5.60 Å². The molecule has 0 aliphatic carbocycles. The van der Waals surface area contributed by atoms with Crippen LogP contribution in [0.2, 0.25) is 0 Å². The zero-order valence-electron chi connectivity index (χ0n) is 9.62. The Morgan fingerprint density at radius 1 is 1.56 bits per heavy atom. The Kier molecular flexibility index (Phi) is 3.16. The standard InChI is InChI=1S/C12H17BrO3/c1-3-11(2)8-12(14,5-7-16-11)10-9(13)4-6-15-10/h4,6,14H,3,5,7-8H2,1-2H3. The topological polar surface area (TPSA) is 42.6 Å². The highest BCUT2D eigenvalue weighted by Gasteiger charge is 2.45. The molecule has 1 aliphatic heterocycles. The first-order valence-electron chi connectivity index (χ1n) is 5.59. The van der Waals surface area contributed by atoms with Gasteiger partial charge in [-0.25, -0.2) is 0 Å². The summed E-state index contributed by atoms with van der Waals surface area (Å²) in [6, 6.07) is 1.81. The summed E-state index contributed by atoms with van der Waals surface area (Å²) in [5.74, 6) is 0.621. The summed E-state index contributed by atoms with van der Waals surface area (Å²) in [4.78, 5) is 0. The van der Waals surface area contributed by atoms with Gasteiger partial charge in [0.15, 0.2) is 0 Å². The smallest absolute Gasteiger partial charge is 0.149 e. The Hall–Kier alpha value is -0.320. The lowest BCUT2D eigenvalue weighted by atomic mass is 9.80. The van der Waals surface area contributed by atoms with Gasteiger partial charge < -0.3 is 14.3 Å². The van der Waals surface area contributed by atoms with Gasteiger partial charge in [-0.15, -0.1) is 0 Å². The largest absolute Gasteiger partial charge is 0.465 e. The summed E-state index contributed by atoms with van der Waals surface area (Å²) >= 11 is 3.40. The van der Waals surface area contributed by atoms with E-state index in [4.69, 9.17) is 9.15 Å². The summed E-state index contributed by atoms with van der Waals surface area (Å²) in [6.07, 6.45) is 3.63. The molecule has 0 aromatic carbocycles. The average Bonchev–Trinajstić information content (AvgIpc) is 2.65. The van der Waals surface area contributed by atoms with Gasteiger partial charge in [0.2, 0.25) is 0 Å². The van der Waals surface area contributed by atoms with Crippen LogP contribution in [0.3, 0.4) is 0 Å². The van der Waals surface area contributed by atoms with E-state index in [1.54, 1.807) is 6.26 Å². The molecule has 0 spiro atoms. The van der Waals surface area contributed by atoms with Crippen molar-refractivity contribution < 1.29 is 14.3 Å². The molecule has 16 heavy (non-hydrogen) atoms. The molecule has 1 aromatic heterocycles. The van der Waals surface area contributed by atoms with E-state index in [9.17, 15) is 5.11 Å². The molecule has 0 radical (unpaired) electrons. The Morgan fingerprint density at radius 2 is 2.31 bits per heavy atom. The van der Waals surface area contributed by atoms with Crippen molar-refractivity contribution in [2.24, 2.45) is 0 Å². The van der Waals surface area contributed by atoms with E-state index in [1.807, 2.05) is 13.0 Å². The SMILES string of the molecule is CCC1(C)CC(O)(c2occc2Br)CCO1. The number of rotatable bonds is 2. The normalized spacial score (nSPS) is 35.2. The molecule has 1 aliphatic rings. The second kappa shape index (κ2) is 4.17. The number of hydrogen-bond donors (Lipinski definition) is 1. The van der Waals surface area contributed by atoms with Gasteiger partial charge in [0, 0.05) is 12.8 Å². The number of hydrogen-bond acceptors (Lipinski definition) is 3. The van der Waals surface area contributed by atoms with Crippen LogP contribution in [0.4, 0.5) is 0 Å². The highest BCUT2D eigenvalue weighted by Crippen LogP contribution is 2.43. The molecule has 2 heterocycles. The van der Waals surface area contributed by atoms with Crippen LogP contribution in [0.5, 0.6) is 0 Å². The van der Waals surface area contributed by atoms with Gasteiger partial charge in [0.1, 0.15) is 11.4 Å². The van der Waals surface area contributed by atoms with Crippen molar-refractivity contribution in [3.8, 4) is 0 Å². The van der Waals surface area contributed by atoms with Crippen molar-refractivity contribution in [1.82, 2.24) is 0 Å². The predicted molar refractivity (Wildman–Crippen MR) is 64.2 cm³/mol. The molecular weight excluding hydrogens is 272 g/mol. The first-order valence-corrected chi connectivity index (χ1v) is 6.38. The van der Waals surface area contributed by atoms with Gasteiger partial charge in [0.05, 0.1) is 22.9 Å². The Morgan fingerprint density at radius 3 is 2.88 bits per heavy atom. The van der Waals surface area contributed by atoms with Crippen LogP contribution >= 0.6 is 15.9 Å². The van der Waals surface area contributed by atoms with Crippen molar-refractivity contribution in [1.29, 1.82) is 0 Å². The van der Waals surface area contributed by atoms with Crippen molar-refractivity contribution in [3.05, 3.63) is 22.6 Å². The van der Waals surface area contributed by atoms with Gasteiger partial charge in [0.25, 0.3) is 0 Å². The number of ether oxygens (including phenoxy) is 1. The Balaban J connectivity index is 2.29. The highest BCUT2D eigenvalue weighted by molar-refractivity contribution is 9.10. The minimum atomic E-state index is -0.911. The van der Waals surface area contributed by atoms with E-state index in [0.29, 0.717) is 25.2 Å². The lowest BCUT2D eigenvalue weighted by molar-refractivity contribution is -0.164. The monoisotopic (exact) mass is 288 g/mol. The Bertz CT molecular complexity index is 376. The van der Waals surface area contributed by atoms with Gasteiger partial charge >= 0.3 is 0 Å². The second-order valence-electron chi connectivity index (χ2n) is 4.71. The predicted octanol–water partition coefficient (Wildman–Crippen LogP) is 3.21. The van der Waals surface area contributed by atoms with E-state index >= 15 is 0 Å². The molecule has 1 fully saturated rings. The van der Waals surface area contributed by atoms with Crippen LogP contribution in [0, 0.1) is 0 Å². The van der Waals surface area contributed by atoms with E-state index in [-0.39, 0.29) is 5.60 Å². The van der Waals surface area contributed by atoms with E-state index in [2.05, 4.69) is 22.9 Å². The maximum Gasteiger partial charge on any atom is 0.149 e. The van der Waals surface area contributed by atoms with Crippen LogP contribution in [0.1, 0.15) is 38.9 Å². The van der Waals surface area contributed by atoms with Crippen molar-refractivity contribution in [3.63, 3.8) is 0 Å². The van der Waals surface area contributed by atoms with Gasteiger partial charge in [-0.2, -0.15) is 0 Å². The van der Waals surface area contributed by atoms with Crippen molar-refractivity contribution in [2.45, 2.75) is 44.3 Å². The average molecular weight is 289 g/mol. The molecule has 4 heteroatoms. The maximum absolute atomic E-state index is 10.7. The fourth-order valence-electron chi connectivity index (χ4n) is 2.27. The summed E-state index contributed by atoms with van der Waals surface area (Å²) in [7, 11) is 0. The zero-order chi connectivity index (χ0) is 11.8. The zero-order valence-corrected chi connectivity index (χ0v) is 11.2. The molecule has 0 saturated carbocycles. The fourth-order valence-corrected chi connectivity index (χ4v) is 2.84. The molecule has 0 bridgehead atoms. The van der Waals surface area contributed by atoms with E-state index in [0.717, 1.165) is 10.9 Å². The quantitative estimate of drug-likeness (QED) is 0.909. The van der Waals surface area contributed by atoms with Crippen molar-refractivity contribution >= 4 is 15.9 Å². The third-order valence-electron chi connectivity index (χ3n) is 3.42. The van der Waals surface area contributed by atoms with Crippen LogP contribution < -0.4 is 0 Å². The first-order chi connectivity index (χ1) is 7.49. The van der Waals surface area contributed by atoms with Crippen LogP contribution in [-0.4, -0.2) is 17.3 Å². The summed E-state index contributed by atoms with van der Waals surface area (Å²) in [5, 5.41) is 10.7. The molecule has 2 atom stereocenters. The Labute approximate surface area is 104 Å². The first kappa shape index (κ1) is 12.1. The summed E-state index contributed by atoms with van der Waals surface area (Å²) < 4.78 is 12.0. The minimum absolute atomic E-state index is 0.265. The molecule has 2 rings (SSSR count). The maximum atomic E-state index is 10.7. The van der Waals surface area contributed by atoms with Gasteiger partial charge in [-0.3, -0.25) is 0 Å². The fraction of sp³-hybridized carbons (Fsp3) is 0.667. The lowest BCUT2D eigenvalue weighted by Gasteiger charge is -2.42. The third kappa shape index (κ3) is 2.06. The summed E-state index contributed by atoms with van der Waals surface area (Å²) in [5.41, 5.74) is -1.18. The minimum Gasteiger partial charge on any atom is -0.465 e. The molecule has 3 nitrogen and oxygen atoms in total.